The molecule has 1 heterocycles. The fraction of sp³-hybridized carbons (Fsp3) is 0.522. The van der Waals surface area contributed by atoms with Crippen molar-refractivity contribution >= 4 is 38.3 Å². The zero-order valence-corrected chi connectivity index (χ0v) is 21.7. The van der Waals surface area contributed by atoms with Gasteiger partial charge in [-0.3, -0.25) is 10.1 Å². The maximum Gasteiger partial charge on any atom is 0.416 e. The van der Waals surface area contributed by atoms with E-state index in [1.54, 1.807) is 0 Å². The lowest BCUT2D eigenvalue weighted by Gasteiger charge is -2.36. The minimum Gasteiger partial charge on any atom is -0.480 e. The molecule has 1 aliphatic carbocycles. The lowest BCUT2D eigenvalue weighted by atomic mass is 9.86. The van der Waals surface area contributed by atoms with Crippen molar-refractivity contribution in [2.24, 2.45) is 5.92 Å². The zero-order chi connectivity index (χ0) is 27.2. The molecule has 1 fully saturated rings. The first kappa shape index (κ1) is 28.9. The maximum absolute atomic E-state index is 13.2. The number of anilines is 1. The number of benzene rings is 1. The maximum atomic E-state index is 13.2. The van der Waals surface area contributed by atoms with Gasteiger partial charge in [0.05, 0.1) is 25.0 Å². The topological polar surface area (TPSA) is 126 Å². The van der Waals surface area contributed by atoms with Crippen LogP contribution < -0.4 is 5.32 Å². The van der Waals surface area contributed by atoms with Gasteiger partial charge in [0.15, 0.2) is 20.7 Å². The largest absolute Gasteiger partial charge is 0.480 e. The number of carbonyl (C=O) groups is 2. The summed E-state index contributed by atoms with van der Waals surface area (Å²) in [4.78, 5) is 29.3. The molecule has 0 radical (unpaired) electrons. The van der Waals surface area contributed by atoms with Crippen LogP contribution in [0.4, 0.5) is 23.1 Å². The number of hydrogen-bond acceptors (Lipinski definition) is 7. The number of amides is 2. The van der Waals surface area contributed by atoms with Gasteiger partial charge in [-0.1, -0.05) is 36.5 Å². The Morgan fingerprint density at radius 2 is 1.89 bits per heavy atom. The highest BCUT2D eigenvalue weighted by molar-refractivity contribution is 7.94. The summed E-state index contributed by atoms with van der Waals surface area (Å²) in [6.45, 7) is 1.94. The van der Waals surface area contributed by atoms with E-state index >= 15 is 0 Å². The highest BCUT2D eigenvalue weighted by atomic mass is 32.2. The number of halogens is 3. The van der Waals surface area contributed by atoms with Gasteiger partial charge >= 0.3 is 18.2 Å². The standard InChI is InChI=1S/C23H28F3N3O6S2/c1-15-6-8-17(9-7-15)29(10-11-35-13-16-4-2-3-5-18(16)23(24,25)26)22(32)28-21-27-12-20(36-21)37(33,34)14-19(30)31/h2-5,12,15,17H,6-11,13-14H2,1H3,(H,30,31)(H,27,28,32). The Balaban J connectivity index is 1.66. The summed E-state index contributed by atoms with van der Waals surface area (Å²) >= 11 is 0.645. The summed E-state index contributed by atoms with van der Waals surface area (Å²) in [7, 11) is -4.09. The minimum atomic E-state index is -4.50. The zero-order valence-electron chi connectivity index (χ0n) is 20.0. The molecule has 0 aliphatic heterocycles. The third kappa shape index (κ3) is 8.14. The third-order valence-corrected chi connectivity index (χ3v) is 9.13. The molecular formula is C23H28F3N3O6S2. The van der Waals surface area contributed by atoms with Gasteiger partial charge in [-0.05, 0) is 43.2 Å². The number of hydrogen-bond donors (Lipinski definition) is 2. The number of nitrogens with zero attached hydrogens (tertiary/aromatic N) is 2. The number of sulfone groups is 1. The van der Waals surface area contributed by atoms with Crippen LogP contribution in [0.3, 0.4) is 0 Å². The van der Waals surface area contributed by atoms with Crippen molar-refractivity contribution in [2.75, 3.05) is 24.2 Å². The lowest BCUT2D eigenvalue weighted by molar-refractivity contribution is -0.139. The van der Waals surface area contributed by atoms with Gasteiger partial charge in [0, 0.05) is 12.6 Å². The fourth-order valence-corrected chi connectivity index (χ4v) is 6.27. The van der Waals surface area contributed by atoms with Gasteiger partial charge in [-0.25, -0.2) is 18.2 Å². The van der Waals surface area contributed by atoms with E-state index in [2.05, 4.69) is 17.2 Å². The lowest BCUT2D eigenvalue weighted by Crippen LogP contribution is -2.46. The van der Waals surface area contributed by atoms with Crippen LogP contribution >= 0.6 is 11.3 Å². The molecule has 1 aliphatic rings. The molecule has 9 nitrogen and oxygen atoms in total. The molecule has 3 rings (SSSR count). The third-order valence-electron chi connectivity index (χ3n) is 6.06. The van der Waals surface area contributed by atoms with E-state index in [1.165, 1.54) is 23.1 Å². The van der Waals surface area contributed by atoms with E-state index in [-0.39, 0.29) is 40.7 Å². The predicted molar refractivity (Wildman–Crippen MR) is 130 cm³/mol. The number of aliphatic carboxylic acids is 1. The number of thiazole rings is 1. The molecule has 2 amide bonds. The molecule has 1 saturated carbocycles. The Kier molecular flexibility index (Phi) is 9.53. The fourth-order valence-electron chi connectivity index (χ4n) is 4.13. The van der Waals surface area contributed by atoms with Crippen LogP contribution in [0.2, 0.25) is 0 Å². The monoisotopic (exact) mass is 563 g/mol. The Bertz CT molecular complexity index is 1190. The second kappa shape index (κ2) is 12.2. The van der Waals surface area contributed by atoms with Gasteiger partial charge in [0.25, 0.3) is 0 Å². The second-order valence-corrected chi connectivity index (χ2v) is 12.1. The van der Waals surface area contributed by atoms with Crippen molar-refractivity contribution in [1.82, 2.24) is 9.88 Å². The Morgan fingerprint density at radius 1 is 1.22 bits per heavy atom. The van der Waals surface area contributed by atoms with Crippen LogP contribution in [0.15, 0.2) is 34.7 Å². The van der Waals surface area contributed by atoms with Crippen molar-refractivity contribution in [3.8, 4) is 0 Å². The molecule has 1 aromatic carbocycles. The van der Waals surface area contributed by atoms with Crippen LogP contribution in [0.25, 0.3) is 0 Å². The van der Waals surface area contributed by atoms with E-state index in [9.17, 15) is 31.2 Å². The molecule has 0 saturated heterocycles. The normalized spacial score (nSPS) is 18.4. The van der Waals surface area contributed by atoms with Crippen LogP contribution in [-0.2, 0) is 32.2 Å². The second-order valence-electron chi connectivity index (χ2n) is 8.88. The van der Waals surface area contributed by atoms with Gasteiger partial charge in [-0.2, -0.15) is 13.2 Å². The van der Waals surface area contributed by atoms with Crippen LogP contribution in [-0.4, -0.2) is 60.4 Å². The number of rotatable bonds is 10. The molecule has 37 heavy (non-hydrogen) atoms. The average Bonchev–Trinajstić information content (AvgIpc) is 3.28. The quantitative estimate of drug-likeness (QED) is 0.403. The molecule has 0 spiro atoms. The number of carboxylic acid groups (broad SMARTS) is 1. The summed E-state index contributed by atoms with van der Waals surface area (Å²) in [5.74, 6) is -2.09. The number of aromatic nitrogens is 1. The van der Waals surface area contributed by atoms with Crippen molar-refractivity contribution in [1.29, 1.82) is 0 Å². The summed E-state index contributed by atoms with van der Waals surface area (Å²) in [5.41, 5.74) is -0.779. The Hall–Kier alpha value is -2.71. The molecule has 0 bridgehead atoms. The van der Waals surface area contributed by atoms with Crippen molar-refractivity contribution < 1.29 is 41.0 Å². The minimum absolute atomic E-state index is 0.00428. The van der Waals surface area contributed by atoms with E-state index in [4.69, 9.17) is 9.84 Å². The first-order valence-electron chi connectivity index (χ1n) is 11.6. The number of carboxylic acids is 1. The number of alkyl halides is 3. The van der Waals surface area contributed by atoms with Crippen LogP contribution in [0.5, 0.6) is 0 Å². The van der Waals surface area contributed by atoms with Crippen LogP contribution in [0, 0.1) is 5.92 Å². The van der Waals surface area contributed by atoms with Gasteiger partial charge in [0.1, 0.15) is 4.21 Å². The number of ether oxygens (including phenoxy) is 1. The Labute approximate surface area is 216 Å². The van der Waals surface area contributed by atoms with E-state index in [0.29, 0.717) is 17.3 Å². The summed E-state index contributed by atoms with van der Waals surface area (Å²) in [5, 5.41) is 11.3. The average molecular weight is 564 g/mol. The van der Waals surface area contributed by atoms with Crippen molar-refractivity contribution in [3.63, 3.8) is 0 Å². The summed E-state index contributed by atoms with van der Waals surface area (Å²) < 4.78 is 69.1. The van der Waals surface area contributed by atoms with Crippen LogP contribution in [0.1, 0.15) is 43.7 Å². The van der Waals surface area contributed by atoms with Gasteiger partial charge in [0.2, 0.25) is 0 Å². The van der Waals surface area contributed by atoms with Gasteiger partial charge < -0.3 is 14.7 Å². The molecule has 2 aromatic rings. The first-order chi connectivity index (χ1) is 17.4. The molecule has 0 atom stereocenters. The molecule has 1 aromatic heterocycles. The highest BCUT2D eigenvalue weighted by Gasteiger charge is 2.33. The van der Waals surface area contributed by atoms with Gasteiger partial charge in [-0.15, -0.1) is 0 Å². The number of carbonyl (C=O) groups excluding carboxylic acids is 1. The van der Waals surface area contributed by atoms with E-state index in [0.717, 1.165) is 37.9 Å². The molecule has 204 valence electrons. The van der Waals surface area contributed by atoms with Crippen molar-refractivity contribution in [3.05, 3.63) is 41.6 Å². The van der Waals surface area contributed by atoms with Crippen molar-refractivity contribution in [2.45, 2.75) is 55.6 Å². The van der Waals surface area contributed by atoms with E-state index < -0.39 is 39.3 Å². The molecule has 2 N–H and O–H groups in total. The summed E-state index contributed by atoms with van der Waals surface area (Å²) in [6.07, 6.45) is -0.225. The summed E-state index contributed by atoms with van der Waals surface area (Å²) in [6, 6.07) is 4.46. The highest BCUT2D eigenvalue weighted by Crippen LogP contribution is 2.32. The number of urea groups is 1. The molecular weight excluding hydrogens is 535 g/mol. The SMILES string of the molecule is CC1CCC(N(CCOCc2ccccc2C(F)(F)F)C(=O)Nc2ncc(S(=O)(=O)CC(=O)O)s2)CC1. The van der Waals surface area contributed by atoms with E-state index in [1.807, 2.05) is 0 Å². The molecule has 0 unspecified atom stereocenters. The number of nitrogens with one attached hydrogen (secondary N) is 1. The first-order valence-corrected chi connectivity index (χ1v) is 14.0. The Morgan fingerprint density at radius 3 is 2.54 bits per heavy atom. The predicted octanol–water partition coefficient (Wildman–Crippen LogP) is 4.65. The molecule has 14 heteroatoms. The smallest absolute Gasteiger partial charge is 0.416 e.